The highest BCUT2D eigenvalue weighted by atomic mass is 32.2. The van der Waals surface area contributed by atoms with Crippen molar-refractivity contribution in [3.8, 4) is 6.07 Å². The summed E-state index contributed by atoms with van der Waals surface area (Å²) in [5.41, 5.74) is -0.870. The fraction of sp³-hybridized carbons (Fsp3) is 0.394. The van der Waals surface area contributed by atoms with Crippen molar-refractivity contribution < 1.29 is 53.1 Å². The molecule has 17 heteroatoms. The highest BCUT2D eigenvalue weighted by Gasteiger charge is 2.73. The summed E-state index contributed by atoms with van der Waals surface area (Å²) in [5, 5.41) is 8.35. The fourth-order valence-electron chi connectivity index (χ4n) is 5.66. The molecular formula is C33H32F8N4O4S. The highest BCUT2D eigenvalue weighted by Crippen LogP contribution is 2.53. The van der Waals surface area contributed by atoms with Crippen molar-refractivity contribution in [1.29, 1.82) is 5.26 Å². The van der Waals surface area contributed by atoms with Gasteiger partial charge in [0.2, 0.25) is 0 Å². The normalized spacial score (nSPS) is 17.5. The molecule has 2 N–H and O–H groups in total. The van der Waals surface area contributed by atoms with E-state index < -0.39 is 62.4 Å². The van der Waals surface area contributed by atoms with Crippen LogP contribution in [-0.4, -0.2) is 68.0 Å². The molecule has 5 rings (SSSR count). The minimum atomic E-state index is -5.92. The average Bonchev–Trinajstić information content (AvgIpc) is 3.57. The fourth-order valence-corrected chi connectivity index (χ4v) is 7.36. The summed E-state index contributed by atoms with van der Waals surface area (Å²) >= 11 is 0. The number of carbonyl (C=O) groups is 1. The van der Waals surface area contributed by atoms with Gasteiger partial charge >= 0.3 is 18.4 Å². The monoisotopic (exact) mass is 732 g/mol. The van der Waals surface area contributed by atoms with Crippen LogP contribution in [0.4, 0.5) is 45.6 Å². The number of urea groups is 1. The predicted octanol–water partition coefficient (Wildman–Crippen LogP) is 6.97. The van der Waals surface area contributed by atoms with E-state index in [-0.39, 0.29) is 23.4 Å². The number of rotatable bonds is 6. The molecule has 0 aliphatic carbocycles. The van der Waals surface area contributed by atoms with Gasteiger partial charge in [0, 0.05) is 48.9 Å². The topological polar surface area (TPSA) is 117 Å². The Kier molecular flexibility index (Phi) is 11.7. The molecule has 0 saturated carbocycles. The van der Waals surface area contributed by atoms with Crippen LogP contribution in [0.1, 0.15) is 30.4 Å². The zero-order chi connectivity index (χ0) is 36.9. The van der Waals surface area contributed by atoms with E-state index in [1.807, 2.05) is 0 Å². The lowest BCUT2D eigenvalue weighted by atomic mass is 9.91. The Bertz CT molecular complexity index is 1740. The molecule has 2 saturated heterocycles. The first-order valence-corrected chi connectivity index (χ1v) is 16.8. The number of halogens is 8. The van der Waals surface area contributed by atoms with E-state index >= 15 is 0 Å². The molecule has 0 spiro atoms. The van der Waals surface area contributed by atoms with Crippen molar-refractivity contribution >= 4 is 21.6 Å². The molecule has 2 aliphatic rings. The van der Waals surface area contributed by atoms with Gasteiger partial charge in [-0.2, -0.15) is 31.6 Å². The number of nitrogens with zero attached hydrogens (tertiary/aromatic N) is 3. The van der Waals surface area contributed by atoms with Crippen LogP contribution >= 0.6 is 0 Å². The minimum Gasteiger partial charge on any atom is -0.399 e. The summed E-state index contributed by atoms with van der Waals surface area (Å²) in [5.74, 6) is -2.61. The summed E-state index contributed by atoms with van der Waals surface area (Å²) in [4.78, 5) is 16.2. The SMILES string of the molecule is Fc1cccc(F)c1COC(c1ccccc1)(C(F)(F)F)C(F)(F)F.N#CC1CCN(C(=O)N2CCC(S(=O)(=O)c3ccc(N)cc3)C2)CC1. The maximum Gasteiger partial charge on any atom is 0.430 e. The molecule has 3 aromatic carbocycles. The number of hydrogen-bond donors (Lipinski definition) is 1. The largest absolute Gasteiger partial charge is 0.430 e. The number of hydrogen-bond acceptors (Lipinski definition) is 6. The third-order valence-electron chi connectivity index (χ3n) is 8.48. The van der Waals surface area contributed by atoms with Crippen molar-refractivity contribution in [2.24, 2.45) is 5.92 Å². The summed E-state index contributed by atoms with van der Waals surface area (Å²) in [6.45, 7) is 0.206. The van der Waals surface area contributed by atoms with E-state index in [1.54, 1.807) is 21.9 Å². The van der Waals surface area contributed by atoms with Gasteiger partial charge in [0.05, 0.1) is 22.8 Å². The van der Waals surface area contributed by atoms with E-state index in [0.717, 1.165) is 18.2 Å². The minimum absolute atomic E-state index is 0.0151. The zero-order valence-corrected chi connectivity index (χ0v) is 27.0. The Hall–Kier alpha value is -4.43. The van der Waals surface area contributed by atoms with Gasteiger partial charge in [-0.1, -0.05) is 36.4 Å². The van der Waals surface area contributed by atoms with Gasteiger partial charge in [0.15, 0.2) is 9.84 Å². The lowest BCUT2D eigenvalue weighted by Crippen LogP contribution is -2.55. The Morgan fingerprint density at radius 1 is 0.820 bits per heavy atom. The number of ether oxygens (including phenoxy) is 1. The summed E-state index contributed by atoms with van der Waals surface area (Å²) in [6.07, 6.45) is -10.0. The number of nitriles is 1. The van der Waals surface area contributed by atoms with Gasteiger partial charge in [-0.15, -0.1) is 0 Å². The van der Waals surface area contributed by atoms with Crippen molar-refractivity contribution in [1.82, 2.24) is 9.80 Å². The van der Waals surface area contributed by atoms with Gasteiger partial charge in [-0.25, -0.2) is 22.0 Å². The van der Waals surface area contributed by atoms with Gasteiger partial charge in [-0.05, 0) is 55.7 Å². The van der Waals surface area contributed by atoms with Crippen molar-refractivity contribution in [2.45, 2.75) is 54.0 Å². The van der Waals surface area contributed by atoms with E-state index in [1.165, 1.54) is 18.2 Å². The number of alkyl halides is 6. The smallest absolute Gasteiger partial charge is 0.399 e. The Morgan fingerprint density at radius 3 is 1.88 bits per heavy atom. The standard InChI is InChI=1S/C17H22N4O3S.C16H10F8O/c18-11-13-5-8-20(9-6-13)17(22)21-10-7-16(12-21)25(23,24)15-3-1-14(19)2-4-15;17-12-7-4-8-13(18)11(12)9-25-14(15(19,20)21,16(22,23)24)10-5-2-1-3-6-10/h1-4,13,16H,5-10,12,19H2;1-8H,9H2. The Balaban J connectivity index is 0.000000225. The van der Waals surface area contributed by atoms with Crippen LogP contribution in [0.2, 0.25) is 0 Å². The molecule has 2 fully saturated rings. The van der Waals surface area contributed by atoms with E-state index in [0.29, 0.717) is 68.8 Å². The Labute approximate surface area is 282 Å². The number of amides is 2. The third kappa shape index (κ3) is 8.13. The number of likely N-dealkylation sites (tertiary alicyclic amines) is 2. The van der Waals surface area contributed by atoms with Crippen LogP contribution in [0.5, 0.6) is 0 Å². The van der Waals surface area contributed by atoms with E-state index in [9.17, 15) is 48.3 Å². The number of nitrogens with two attached hydrogens (primary N) is 1. The van der Waals surface area contributed by atoms with E-state index in [2.05, 4.69) is 10.8 Å². The van der Waals surface area contributed by atoms with Gasteiger partial charge in [0.25, 0.3) is 5.60 Å². The molecule has 0 bridgehead atoms. The lowest BCUT2D eigenvalue weighted by Gasteiger charge is -2.37. The quantitative estimate of drug-likeness (QED) is 0.216. The van der Waals surface area contributed by atoms with Gasteiger partial charge in [0.1, 0.15) is 11.6 Å². The highest BCUT2D eigenvalue weighted by molar-refractivity contribution is 7.92. The molecule has 2 aliphatic heterocycles. The molecule has 2 amide bonds. The number of piperidine rings is 1. The van der Waals surface area contributed by atoms with Crippen LogP contribution in [-0.2, 0) is 26.8 Å². The molecule has 8 nitrogen and oxygen atoms in total. The predicted molar refractivity (Wildman–Crippen MR) is 165 cm³/mol. The number of benzene rings is 3. The molecule has 0 aromatic heterocycles. The number of anilines is 1. The van der Waals surface area contributed by atoms with Crippen LogP contribution in [0.25, 0.3) is 0 Å². The first-order chi connectivity index (χ1) is 23.4. The maximum absolute atomic E-state index is 13.5. The number of sulfone groups is 1. The second-order valence-corrected chi connectivity index (χ2v) is 13.9. The molecule has 270 valence electrons. The molecule has 2 heterocycles. The second kappa shape index (κ2) is 15.2. The van der Waals surface area contributed by atoms with Crippen LogP contribution < -0.4 is 5.73 Å². The molecule has 3 aromatic rings. The van der Waals surface area contributed by atoms with Crippen LogP contribution in [0.3, 0.4) is 0 Å². The van der Waals surface area contributed by atoms with Crippen LogP contribution in [0.15, 0.2) is 77.7 Å². The zero-order valence-electron chi connectivity index (χ0n) is 26.2. The number of nitrogen functional groups attached to an aromatic ring is 1. The molecule has 50 heavy (non-hydrogen) atoms. The van der Waals surface area contributed by atoms with Crippen molar-refractivity contribution in [3.05, 3.63) is 95.6 Å². The molecular weight excluding hydrogens is 700 g/mol. The Morgan fingerprint density at radius 2 is 1.36 bits per heavy atom. The second-order valence-electron chi connectivity index (χ2n) is 11.7. The third-order valence-corrected chi connectivity index (χ3v) is 10.7. The van der Waals surface area contributed by atoms with Crippen molar-refractivity contribution in [3.63, 3.8) is 0 Å². The van der Waals surface area contributed by atoms with Crippen molar-refractivity contribution in [2.75, 3.05) is 31.9 Å². The number of carbonyl (C=O) groups excluding carboxylic acids is 1. The molecule has 1 atom stereocenters. The van der Waals surface area contributed by atoms with Gasteiger partial charge < -0.3 is 20.3 Å². The first kappa shape index (κ1) is 38.4. The summed E-state index contributed by atoms with van der Waals surface area (Å²) < 4.78 is 137. The molecule has 0 radical (unpaired) electrons. The first-order valence-electron chi connectivity index (χ1n) is 15.2. The summed E-state index contributed by atoms with van der Waals surface area (Å²) in [6, 6.07) is 14.9. The van der Waals surface area contributed by atoms with E-state index in [4.69, 9.17) is 11.0 Å². The lowest BCUT2D eigenvalue weighted by molar-refractivity contribution is -0.392. The van der Waals surface area contributed by atoms with Gasteiger partial charge in [-0.3, -0.25) is 0 Å². The molecule has 1 unspecified atom stereocenters. The summed E-state index contributed by atoms with van der Waals surface area (Å²) in [7, 11) is -3.48. The average molecular weight is 733 g/mol. The maximum atomic E-state index is 13.5. The van der Waals surface area contributed by atoms with Crippen LogP contribution in [0, 0.1) is 28.9 Å².